The molecule has 0 amide bonds. The maximum Gasteiger partial charge on any atom is 0.330 e. The fraction of sp³-hybridized carbons (Fsp3) is 0.438. The van der Waals surface area contributed by atoms with Crippen molar-refractivity contribution < 1.29 is 14.3 Å². The van der Waals surface area contributed by atoms with Crippen LogP contribution in [0.2, 0.25) is 0 Å². The second kappa shape index (κ2) is 8.35. The van der Waals surface area contributed by atoms with Crippen LogP contribution < -0.4 is 4.74 Å². The number of para-hydroxylation sites is 1. The Morgan fingerprint density at radius 1 is 1.32 bits per heavy atom. The number of esters is 1. The van der Waals surface area contributed by atoms with Crippen molar-refractivity contribution in [3.63, 3.8) is 0 Å². The molecule has 1 rings (SSSR count). The minimum atomic E-state index is -0.303. The molecule has 3 nitrogen and oxygen atoms in total. The summed E-state index contributed by atoms with van der Waals surface area (Å²) in [5.41, 5.74) is 1.07. The quantitative estimate of drug-likeness (QED) is 0.558. The fourth-order valence-corrected chi connectivity index (χ4v) is 1.54. The third-order valence-electron chi connectivity index (χ3n) is 2.42. The predicted molar refractivity (Wildman–Crippen MR) is 76.3 cm³/mol. The molecular weight excluding hydrogens is 240 g/mol. The van der Waals surface area contributed by atoms with Crippen molar-refractivity contribution in [2.45, 2.75) is 27.2 Å². The van der Waals surface area contributed by atoms with E-state index in [0.29, 0.717) is 25.6 Å². The first-order valence-corrected chi connectivity index (χ1v) is 6.67. The highest BCUT2D eigenvalue weighted by Crippen LogP contribution is 2.19. The van der Waals surface area contributed by atoms with E-state index in [-0.39, 0.29) is 5.97 Å². The average Bonchev–Trinajstić information content (AvgIpc) is 2.38. The molecule has 0 fully saturated rings. The molecule has 0 saturated heterocycles. The van der Waals surface area contributed by atoms with Gasteiger partial charge in [-0.15, -0.1) is 0 Å². The number of carbonyl (C=O) groups is 1. The van der Waals surface area contributed by atoms with Crippen LogP contribution in [0.1, 0.15) is 26.3 Å². The summed E-state index contributed by atoms with van der Waals surface area (Å²) in [6.45, 7) is 7.11. The maximum atomic E-state index is 11.2. The monoisotopic (exact) mass is 262 g/mol. The Labute approximate surface area is 115 Å². The first kappa shape index (κ1) is 15.3. The molecule has 0 aliphatic rings. The Kier molecular flexibility index (Phi) is 6.72. The SMILES string of the molecule is CCOC(=O)/C=C/Cc1ccccc1OCC(C)C. The Morgan fingerprint density at radius 3 is 2.74 bits per heavy atom. The minimum absolute atomic E-state index is 0.303. The average molecular weight is 262 g/mol. The molecule has 1 aromatic carbocycles. The van der Waals surface area contributed by atoms with Gasteiger partial charge in [0, 0.05) is 6.08 Å². The van der Waals surface area contributed by atoms with E-state index in [4.69, 9.17) is 9.47 Å². The van der Waals surface area contributed by atoms with E-state index in [9.17, 15) is 4.79 Å². The Bertz CT molecular complexity index is 422. The Hall–Kier alpha value is -1.77. The normalized spacial score (nSPS) is 10.9. The van der Waals surface area contributed by atoms with Crippen molar-refractivity contribution in [3.05, 3.63) is 42.0 Å². The van der Waals surface area contributed by atoms with Crippen molar-refractivity contribution in [2.24, 2.45) is 5.92 Å². The molecule has 0 bridgehead atoms. The highest BCUT2D eigenvalue weighted by atomic mass is 16.5. The van der Waals surface area contributed by atoms with Gasteiger partial charge in [-0.3, -0.25) is 0 Å². The molecule has 1 aromatic rings. The zero-order chi connectivity index (χ0) is 14.1. The number of ether oxygens (including phenoxy) is 2. The minimum Gasteiger partial charge on any atom is -0.493 e. The summed E-state index contributed by atoms with van der Waals surface area (Å²) in [6, 6.07) is 7.88. The van der Waals surface area contributed by atoms with Gasteiger partial charge in [0.15, 0.2) is 0 Å². The molecule has 0 atom stereocenters. The van der Waals surface area contributed by atoms with Crippen LogP contribution >= 0.6 is 0 Å². The summed E-state index contributed by atoms with van der Waals surface area (Å²) in [6.07, 6.45) is 3.92. The summed E-state index contributed by atoms with van der Waals surface area (Å²) < 4.78 is 10.6. The zero-order valence-electron chi connectivity index (χ0n) is 11.9. The summed E-state index contributed by atoms with van der Waals surface area (Å²) in [5.74, 6) is 1.07. The van der Waals surface area contributed by atoms with Gasteiger partial charge in [-0.1, -0.05) is 38.1 Å². The van der Waals surface area contributed by atoms with Crippen LogP contribution in [0, 0.1) is 5.92 Å². The largest absolute Gasteiger partial charge is 0.493 e. The third kappa shape index (κ3) is 6.09. The molecule has 3 heteroatoms. The maximum absolute atomic E-state index is 11.2. The molecule has 0 radical (unpaired) electrons. The van der Waals surface area contributed by atoms with Gasteiger partial charge in [-0.2, -0.15) is 0 Å². The van der Waals surface area contributed by atoms with Gasteiger partial charge in [0.05, 0.1) is 13.2 Å². The summed E-state index contributed by atoms with van der Waals surface area (Å²) in [4.78, 5) is 11.2. The van der Waals surface area contributed by atoms with Gasteiger partial charge in [0.2, 0.25) is 0 Å². The number of benzene rings is 1. The molecule has 104 valence electrons. The Morgan fingerprint density at radius 2 is 2.05 bits per heavy atom. The number of carbonyl (C=O) groups excluding carboxylic acids is 1. The zero-order valence-corrected chi connectivity index (χ0v) is 11.9. The highest BCUT2D eigenvalue weighted by molar-refractivity contribution is 5.81. The van der Waals surface area contributed by atoms with Crippen LogP contribution in [0.5, 0.6) is 5.75 Å². The van der Waals surface area contributed by atoms with E-state index in [1.807, 2.05) is 24.3 Å². The van der Waals surface area contributed by atoms with Crippen LogP contribution in [0.15, 0.2) is 36.4 Å². The van der Waals surface area contributed by atoms with Gasteiger partial charge in [-0.05, 0) is 30.9 Å². The van der Waals surface area contributed by atoms with Gasteiger partial charge in [-0.25, -0.2) is 4.79 Å². The lowest BCUT2D eigenvalue weighted by Gasteiger charge is -2.11. The number of allylic oxidation sites excluding steroid dienone is 1. The van der Waals surface area contributed by atoms with Crippen LogP contribution in [-0.4, -0.2) is 19.2 Å². The van der Waals surface area contributed by atoms with Crippen molar-refractivity contribution in [1.29, 1.82) is 0 Å². The van der Waals surface area contributed by atoms with Crippen LogP contribution in [0.25, 0.3) is 0 Å². The van der Waals surface area contributed by atoms with E-state index in [0.717, 1.165) is 11.3 Å². The number of hydrogen-bond acceptors (Lipinski definition) is 3. The first-order chi connectivity index (χ1) is 9.13. The lowest BCUT2D eigenvalue weighted by molar-refractivity contribution is -0.137. The van der Waals surface area contributed by atoms with Crippen molar-refractivity contribution >= 4 is 5.97 Å². The van der Waals surface area contributed by atoms with E-state index >= 15 is 0 Å². The molecule has 0 aliphatic carbocycles. The first-order valence-electron chi connectivity index (χ1n) is 6.67. The fourth-order valence-electron chi connectivity index (χ4n) is 1.54. The molecule has 0 aromatic heterocycles. The molecule has 19 heavy (non-hydrogen) atoms. The third-order valence-corrected chi connectivity index (χ3v) is 2.42. The van der Waals surface area contributed by atoms with Crippen LogP contribution in [0.3, 0.4) is 0 Å². The summed E-state index contributed by atoms with van der Waals surface area (Å²) in [5, 5.41) is 0. The molecule has 0 heterocycles. The summed E-state index contributed by atoms with van der Waals surface area (Å²) in [7, 11) is 0. The lowest BCUT2D eigenvalue weighted by Crippen LogP contribution is -2.06. The molecular formula is C16H22O3. The second-order valence-corrected chi connectivity index (χ2v) is 4.67. The summed E-state index contributed by atoms with van der Waals surface area (Å²) >= 11 is 0. The highest BCUT2D eigenvalue weighted by Gasteiger charge is 2.03. The van der Waals surface area contributed by atoms with Gasteiger partial charge in [0.25, 0.3) is 0 Å². The topological polar surface area (TPSA) is 35.5 Å². The predicted octanol–water partition coefficient (Wildman–Crippen LogP) is 3.38. The Balaban J connectivity index is 2.59. The number of hydrogen-bond donors (Lipinski definition) is 0. The van der Waals surface area contributed by atoms with Crippen molar-refractivity contribution in [3.8, 4) is 5.75 Å². The van der Waals surface area contributed by atoms with Gasteiger partial charge >= 0.3 is 5.97 Å². The molecule has 0 spiro atoms. The smallest absolute Gasteiger partial charge is 0.330 e. The van der Waals surface area contributed by atoms with E-state index in [1.165, 1.54) is 6.08 Å². The van der Waals surface area contributed by atoms with Crippen LogP contribution in [0.4, 0.5) is 0 Å². The van der Waals surface area contributed by atoms with E-state index in [2.05, 4.69) is 13.8 Å². The number of rotatable bonds is 7. The lowest BCUT2D eigenvalue weighted by atomic mass is 10.1. The van der Waals surface area contributed by atoms with E-state index in [1.54, 1.807) is 13.0 Å². The standard InChI is InChI=1S/C16H22O3/c1-4-18-16(17)11-7-9-14-8-5-6-10-15(14)19-12-13(2)3/h5-8,10-11,13H,4,9,12H2,1-3H3/b11-7+. The van der Waals surface area contributed by atoms with Crippen LogP contribution in [-0.2, 0) is 16.0 Å². The van der Waals surface area contributed by atoms with Crippen molar-refractivity contribution in [1.82, 2.24) is 0 Å². The molecule has 0 aliphatic heterocycles. The molecule has 0 unspecified atom stereocenters. The van der Waals surface area contributed by atoms with Gasteiger partial charge < -0.3 is 9.47 Å². The molecule has 0 saturated carbocycles. The second-order valence-electron chi connectivity index (χ2n) is 4.67. The molecule has 0 N–H and O–H groups in total. The van der Waals surface area contributed by atoms with E-state index < -0.39 is 0 Å². The van der Waals surface area contributed by atoms with Gasteiger partial charge in [0.1, 0.15) is 5.75 Å². The van der Waals surface area contributed by atoms with Crippen molar-refractivity contribution in [2.75, 3.05) is 13.2 Å².